The Morgan fingerprint density at radius 2 is 1.84 bits per heavy atom. The van der Waals surface area contributed by atoms with E-state index in [0.717, 1.165) is 0 Å². The van der Waals surface area contributed by atoms with E-state index in [4.69, 9.17) is 0 Å². The van der Waals surface area contributed by atoms with Gasteiger partial charge >= 0.3 is 6.36 Å². The van der Waals surface area contributed by atoms with Crippen molar-refractivity contribution in [2.75, 3.05) is 11.9 Å². The molecule has 2 aromatic rings. The summed E-state index contributed by atoms with van der Waals surface area (Å²) in [6.07, 6.45) is -3.66. The van der Waals surface area contributed by atoms with Crippen LogP contribution < -0.4 is 10.1 Å². The normalized spacial score (nSPS) is 16.8. The Bertz CT molecular complexity index is 788. The molecule has 0 aromatic heterocycles. The number of amides is 1. The van der Waals surface area contributed by atoms with E-state index in [1.165, 1.54) is 24.3 Å². The lowest BCUT2D eigenvalue weighted by Gasteiger charge is -2.37. The van der Waals surface area contributed by atoms with Gasteiger partial charge in [0.25, 0.3) is 5.91 Å². The number of rotatable bonds is 4. The van der Waals surface area contributed by atoms with Gasteiger partial charge in [-0.05, 0) is 29.8 Å². The average molecular weight is 348 g/mol. The first-order valence-electron chi connectivity index (χ1n) is 7.52. The molecular weight excluding hydrogens is 333 g/mol. The Morgan fingerprint density at radius 3 is 2.48 bits per heavy atom. The van der Waals surface area contributed by atoms with Gasteiger partial charge < -0.3 is 15.0 Å². The van der Waals surface area contributed by atoms with Crippen molar-refractivity contribution in [3.05, 3.63) is 72.3 Å². The fourth-order valence-corrected chi connectivity index (χ4v) is 2.74. The lowest BCUT2D eigenvalue weighted by atomic mass is 10.0. The van der Waals surface area contributed by atoms with E-state index in [2.05, 4.69) is 16.6 Å². The first kappa shape index (κ1) is 16.9. The van der Waals surface area contributed by atoms with Crippen LogP contribution in [0.1, 0.15) is 22.1 Å². The fourth-order valence-electron chi connectivity index (χ4n) is 2.74. The van der Waals surface area contributed by atoms with Gasteiger partial charge in [-0.3, -0.25) is 4.79 Å². The summed E-state index contributed by atoms with van der Waals surface area (Å²) in [5.74, 6) is -0.482. The summed E-state index contributed by atoms with van der Waals surface area (Å²) in [7, 11) is 0. The molecule has 130 valence electrons. The minimum absolute atomic E-state index is 0.171. The number of ether oxygens (including phenoxy) is 1. The highest BCUT2D eigenvalue weighted by Crippen LogP contribution is 2.34. The van der Waals surface area contributed by atoms with Gasteiger partial charge in [-0.25, -0.2) is 0 Å². The highest BCUT2D eigenvalue weighted by molar-refractivity contribution is 6.01. The number of para-hydroxylation sites is 1. The van der Waals surface area contributed by atoms with Crippen molar-refractivity contribution in [2.24, 2.45) is 0 Å². The number of nitrogens with one attached hydrogen (secondary N) is 1. The predicted octanol–water partition coefficient (Wildman–Crippen LogP) is 4.34. The van der Waals surface area contributed by atoms with E-state index in [9.17, 15) is 18.0 Å². The molecule has 0 bridgehead atoms. The van der Waals surface area contributed by atoms with E-state index < -0.39 is 12.5 Å². The maximum absolute atomic E-state index is 12.7. The van der Waals surface area contributed by atoms with Gasteiger partial charge in [0.1, 0.15) is 11.9 Å². The van der Waals surface area contributed by atoms with E-state index in [-0.39, 0.29) is 11.7 Å². The monoisotopic (exact) mass is 348 g/mol. The van der Waals surface area contributed by atoms with Crippen molar-refractivity contribution in [1.29, 1.82) is 0 Å². The lowest BCUT2D eigenvalue weighted by molar-refractivity contribution is -0.274. The minimum Gasteiger partial charge on any atom is -0.406 e. The molecule has 1 amide bonds. The molecule has 1 heterocycles. The van der Waals surface area contributed by atoms with Crippen molar-refractivity contribution >= 4 is 11.6 Å². The summed E-state index contributed by atoms with van der Waals surface area (Å²) in [6, 6.07) is 12.5. The van der Waals surface area contributed by atoms with Crippen LogP contribution in [-0.4, -0.2) is 23.7 Å². The number of halogens is 3. The third-order valence-electron chi connectivity index (χ3n) is 3.78. The second kappa shape index (κ2) is 6.51. The molecule has 0 fully saturated rings. The van der Waals surface area contributed by atoms with Crippen LogP contribution in [0.4, 0.5) is 18.9 Å². The van der Waals surface area contributed by atoms with Crippen LogP contribution in [0.5, 0.6) is 5.75 Å². The van der Waals surface area contributed by atoms with Crippen molar-refractivity contribution in [3.63, 3.8) is 0 Å². The van der Waals surface area contributed by atoms with Crippen LogP contribution >= 0.6 is 0 Å². The summed E-state index contributed by atoms with van der Waals surface area (Å²) in [6.45, 7) is 3.96. The number of alkyl halides is 3. The first-order valence-corrected chi connectivity index (χ1v) is 7.52. The summed E-state index contributed by atoms with van der Waals surface area (Å²) in [5.41, 5.74) is 1.85. The van der Waals surface area contributed by atoms with Gasteiger partial charge in [0.2, 0.25) is 0 Å². The third-order valence-corrected chi connectivity index (χ3v) is 3.78. The molecule has 1 aliphatic rings. The maximum atomic E-state index is 12.7. The van der Waals surface area contributed by atoms with Crippen LogP contribution in [0.15, 0.2) is 61.2 Å². The third kappa shape index (κ3) is 3.60. The van der Waals surface area contributed by atoms with Crippen LogP contribution in [0.25, 0.3) is 0 Å². The molecule has 0 saturated heterocycles. The number of fused-ring (bicyclic) bond motifs is 1. The highest BCUT2D eigenvalue weighted by Gasteiger charge is 2.33. The molecule has 1 unspecified atom stereocenters. The van der Waals surface area contributed by atoms with Crippen molar-refractivity contribution in [1.82, 2.24) is 4.90 Å². The fraction of sp³-hybridized carbons (Fsp3) is 0.167. The van der Waals surface area contributed by atoms with E-state index in [1.807, 2.05) is 0 Å². The zero-order valence-corrected chi connectivity index (χ0v) is 13.1. The topological polar surface area (TPSA) is 41.6 Å². The van der Waals surface area contributed by atoms with Crippen molar-refractivity contribution < 1.29 is 22.7 Å². The minimum atomic E-state index is -4.74. The summed E-state index contributed by atoms with van der Waals surface area (Å²) < 4.78 is 40.7. The number of carbonyl (C=O) groups excluding carboxylic acids is 1. The number of hydrogen-bond donors (Lipinski definition) is 1. The average Bonchev–Trinajstić information content (AvgIpc) is 2.57. The number of carbonyl (C=O) groups is 1. The molecule has 7 heteroatoms. The van der Waals surface area contributed by atoms with Gasteiger partial charge in [0.15, 0.2) is 0 Å². The number of anilines is 1. The van der Waals surface area contributed by atoms with Gasteiger partial charge in [-0.15, -0.1) is 19.8 Å². The van der Waals surface area contributed by atoms with Crippen LogP contribution in [0.3, 0.4) is 0 Å². The predicted molar refractivity (Wildman–Crippen MR) is 87.2 cm³/mol. The molecule has 0 saturated carbocycles. The van der Waals surface area contributed by atoms with Gasteiger partial charge in [-0.2, -0.15) is 0 Å². The smallest absolute Gasteiger partial charge is 0.406 e. The van der Waals surface area contributed by atoms with Crippen LogP contribution in [0.2, 0.25) is 0 Å². The molecule has 4 nitrogen and oxygen atoms in total. The van der Waals surface area contributed by atoms with Crippen molar-refractivity contribution in [2.45, 2.75) is 12.5 Å². The Kier molecular flexibility index (Phi) is 4.39. The van der Waals surface area contributed by atoms with E-state index >= 15 is 0 Å². The van der Waals surface area contributed by atoms with Gasteiger partial charge in [-0.1, -0.05) is 30.3 Å². The molecule has 0 aliphatic carbocycles. The molecule has 0 radical (unpaired) electrons. The quantitative estimate of drug-likeness (QED) is 0.836. The first-order chi connectivity index (χ1) is 11.9. The van der Waals surface area contributed by atoms with Crippen molar-refractivity contribution in [3.8, 4) is 5.75 Å². The maximum Gasteiger partial charge on any atom is 0.573 e. The summed E-state index contributed by atoms with van der Waals surface area (Å²) >= 11 is 0. The second-order valence-corrected chi connectivity index (χ2v) is 5.46. The zero-order valence-electron chi connectivity index (χ0n) is 13.1. The van der Waals surface area contributed by atoms with Gasteiger partial charge in [0.05, 0.1) is 5.56 Å². The number of nitrogens with zero attached hydrogens (tertiary/aromatic N) is 1. The Morgan fingerprint density at radius 1 is 1.16 bits per heavy atom. The largest absolute Gasteiger partial charge is 0.573 e. The standard InChI is InChI=1S/C18H15F3N2O2/c1-2-11-23-16(22-15-6-4-3-5-14(15)17(23)24)12-7-9-13(10-8-12)25-18(19,20)21/h2-10,16,22H,1,11H2. The molecule has 25 heavy (non-hydrogen) atoms. The second-order valence-electron chi connectivity index (χ2n) is 5.46. The molecule has 1 aliphatic heterocycles. The molecular formula is C18H15F3N2O2. The highest BCUT2D eigenvalue weighted by atomic mass is 19.4. The summed E-state index contributed by atoms with van der Waals surface area (Å²) in [5, 5.41) is 3.24. The number of hydrogen-bond acceptors (Lipinski definition) is 3. The van der Waals surface area contributed by atoms with Crippen LogP contribution in [-0.2, 0) is 0 Å². The Balaban J connectivity index is 1.92. The van der Waals surface area contributed by atoms with Crippen LogP contribution in [0, 0.1) is 0 Å². The molecule has 1 atom stereocenters. The zero-order chi connectivity index (χ0) is 18.0. The Hall–Kier alpha value is -2.96. The van der Waals surface area contributed by atoms with E-state index in [0.29, 0.717) is 23.4 Å². The molecule has 0 spiro atoms. The molecule has 1 N–H and O–H groups in total. The Labute approximate surface area is 142 Å². The molecule has 3 rings (SSSR count). The summed E-state index contributed by atoms with van der Waals surface area (Å²) in [4.78, 5) is 14.3. The van der Waals surface area contributed by atoms with E-state index in [1.54, 1.807) is 35.2 Å². The van der Waals surface area contributed by atoms with Gasteiger partial charge in [0, 0.05) is 12.2 Å². The number of benzene rings is 2. The SMILES string of the molecule is C=CCN1C(=O)c2ccccc2NC1c1ccc(OC(F)(F)F)cc1. The lowest BCUT2D eigenvalue weighted by Crippen LogP contribution is -2.42. The molecule has 2 aromatic carbocycles.